The maximum Gasteiger partial charge on any atom is 0.251 e. The Morgan fingerprint density at radius 3 is 1.72 bits per heavy atom. The molecule has 0 atom stereocenters. The molecule has 36 heavy (non-hydrogen) atoms. The Labute approximate surface area is 229 Å². The minimum Gasteiger partial charge on any atom is -0.349 e. The second-order valence-corrected chi connectivity index (χ2v) is 9.18. The van der Waals surface area contributed by atoms with E-state index >= 15 is 0 Å². The van der Waals surface area contributed by atoms with Gasteiger partial charge in [-0.2, -0.15) is 27.0 Å². The summed E-state index contributed by atoms with van der Waals surface area (Å²) in [5.41, 5.74) is 8.40. The van der Waals surface area contributed by atoms with E-state index in [1.807, 2.05) is 24.3 Å². The van der Waals surface area contributed by atoms with Crippen molar-refractivity contribution in [2.24, 2.45) is 5.73 Å². The summed E-state index contributed by atoms with van der Waals surface area (Å²) in [6, 6.07) is 15.1. The van der Waals surface area contributed by atoms with Crippen molar-refractivity contribution in [2.75, 3.05) is 0 Å². The van der Waals surface area contributed by atoms with Crippen molar-refractivity contribution < 1.29 is 9.59 Å². The molecular formula is C28H40N4O2S2. The van der Waals surface area contributed by atoms with Crippen LogP contribution < -0.4 is 16.4 Å². The molecule has 4 rings (SSSR count). The van der Waals surface area contributed by atoms with Crippen molar-refractivity contribution in [3.63, 3.8) is 0 Å². The molecule has 8 heteroatoms. The lowest BCUT2D eigenvalue weighted by Gasteiger charge is -2.22. The van der Waals surface area contributed by atoms with Crippen molar-refractivity contribution in [2.45, 2.75) is 82.8 Å². The summed E-state index contributed by atoms with van der Waals surface area (Å²) < 4.78 is 0. The van der Waals surface area contributed by atoms with Gasteiger partial charge in [0.05, 0.1) is 6.57 Å². The Bertz CT molecular complexity index is 997. The van der Waals surface area contributed by atoms with Gasteiger partial charge in [-0.25, -0.2) is 4.85 Å². The number of hydrogen-bond acceptors (Lipinski definition) is 3. The van der Waals surface area contributed by atoms with E-state index in [-0.39, 0.29) is 38.8 Å². The number of benzene rings is 2. The van der Waals surface area contributed by atoms with Crippen LogP contribution in [-0.4, -0.2) is 23.9 Å². The summed E-state index contributed by atoms with van der Waals surface area (Å²) in [5, 5.41) is 6.15. The van der Waals surface area contributed by atoms with E-state index in [0.717, 1.165) is 36.8 Å². The quantitative estimate of drug-likeness (QED) is 0.433. The summed E-state index contributed by atoms with van der Waals surface area (Å²) >= 11 is 0. The van der Waals surface area contributed by atoms with Crippen LogP contribution in [0.15, 0.2) is 48.5 Å². The third kappa shape index (κ3) is 10.3. The van der Waals surface area contributed by atoms with Gasteiger partial charge in [0.2, 0.25) is 5.91 Å². The molecular weight excluding hydrogens is 488 g/mol. The Balaban J connectivity index is 0.000000341. The highest BCUT2D eigenvalue weighted by Gasteiger charge is 2.17. The molecule has 2 aromatic carbocycles. The minimum absolute atomic E-state index is 0. The second-order valence-electron chi connectivity index (χ2n) is 9.18. The fraction of sp³-hybridized carbons (Fsp3) is 0.464. The van der Waals surface area contributed by atoms with E-state index in [9.17, 15) is 9.59 Å². The van der Waals surface area contributed by atoms with Gasteiger partial charge in [-0.1, -0.05) is 68.9 Å². The number of nitrogens with one attached hydrogen (secondary N) is 2. The number of rotatable bonds is 5. The normalized spacial score (nSPS) is 15.6. The first kappa shape index (κ1) is 31.6. The zero-order valence-corrected chi connectivity index (χ0v) is 22.9. The highest BCUT2D eigenvalue weighted by molar-refractivity contribution is 7.59. The summed E-state index contributed by atoms with van der Waals surface area (Å²) in [4.78, 5) is 27.3. The Morgan fingerprint density at radius 2 is 1.25 bits per heavy atom. The summed E-state index contributed by atoms with van der Waals surface area (Å²) in [7, 11) is 0. The molecule has 0 aliphatic heterocycles. The van der Waals surface area contributed by atoms with Gasteiger partial charge in [0, 0.05) is 29.8 Å². The van der Waals surface area contributed by atoms with Crippen LogP contribution in [0.4, 0.5) is 5.69 Å². The summed E-state index contributed by atoms with van der Waals surface area (Å²) in [6.07, 6.45) is 11.8. The summed E-state index contributed by atoms with van der Waals surface area (Å²) in [6.45, 7) is 7.40. The fourth-order valence-corrected chi connectivity index (χ4v) is 4.59. The van der Waals surface area contributed by atoms with Crippen LogP contribution in [-0.2, 0) is 6.54 Å². The van der Waals surface area contributed by atoms with Crippen LogP contribution in [0.3, 0.4) is 0 Å². The number of nitrogens with zero attached hydrogens (tertiary/aromatic N) is 1. The highest BCUT2D eigenvalue weighted by Crippen LogP contribution is 2.19. The Hall–Kier alpha value is -2.47. The molecule has 2 aliphatic carbocycles. The van der Waals surface area contributed by atoms with E-state index in [1.54, 1.807) is 24.3 Å². The monoisotopic (exact) mass is 528 g/mol. The average molecular weight is 529 g/mol. The van der Waals surface area contributed by atoms with Crippen LogP contribution in [0.2, 0.25) is 0 Å². The topological polar surface area (TPSA) is 88.6 Å². The van der Waals surface area contributed by atoms with Crippen LogP contribution in [0, 0.1) is 6.57 Å². The van der Waals surface area contributed by atoms with Crippen molar-refractivity contribution in [1.82, 2.24) is 10.6 Å². The number of nitrogens with two attached hydrogens (primary N) is 1. The van der Waals surface area contributed by atoms with Crippen LogP contribution in [0.1, 0.15) is 90.5 Å². The van der Waals surface area contributed by atoms with Gasteiger partial charge in [0.1, 0.15) is 0 Å². The van der Waals surface area contributed by atoms with Gasteiger partial charge < -0.3 is 16.4 Å². The Kier molecular flexibility index (Phi) is 15.0. The largest absolute Gasteiger partial charge is 0.349 e. The summed E-state index contributed by atoms with van der Waals surface area (Å²) in [5.74, 6) is -0.0189. The first-order valence-corrected chi connectivity index (χ1v) is 12.5. The standard InChI is InChI=1S/C14H16N2O.C14H20N2O.2H2S/c1-15-13-9-5-6-11(10-13)14(17)16-12-7-3-2-4-8-12;15-10-11-5-4-6-12(9-11)14(17)16-13-7-2-1-3-8-13;;/h5-6,9-10,12H,2-4,7-8H2,(H,16,17);4-6,9,13H,1-3,7-8,10,15H2,(H,16,17);2*1H2. The number of carbonyl (C=O) groups excluding carboxylic acids is 2. The van der Waals surface area contributed by atoms with Crippen LogP contribution >= 0.6 is 27.0 Å². The molecule has 2 fully saturated rings. The zero-order chi connectivity index (χ0) is 24.2. The third-order valence-electron chi connectivity index (χ3n) is 6.54. The van der Waals surface area contributed by atoms with E-state index in [0.29, 0.717) is 29.9 Å². The molecule has 2 aliphatic rings. The second kappa shape index (κ2) is 17.1. The predicted octanol–water partition coefficient (Wildman–Crippen LogP) is 5.73. The Morgan fingerprint density at radius 1 is 0.778 bits per heavy atom. The van der Waals surface area contributed by atoms with Gasteiger partial charge in [-0.15, -0.1) is 0 Å². The van der Waals surface area contributed by atoms with Gasteiger partial charge in [-0.05, 0) is 49.4 Å². The average Bonchev–Trinajstić information content (AvgIpc) is 2.90. The molecule has 0 radical (unpaired) electrons. The molecule has 6 nitrogen and oxygen atoms in total. The lowest BCUT2D eigenvalue weighted by molar-refractivity contribution is 0.0919. The lowest BCUT2D eigenvalue weighted by Crippen LogP contribution is -2.36. The van der Waals surface area contributed by atoms with Gasteiger partial charge >= 0.3 is 0 Å². The number of hydrogen-bond donors (Lipinski definition) is 3. The van der Waals surface area contributed by atoms with Gasteiger partial charge in [0.15, 0.2) is 5.69 Å². The molecule has 0 saturated heterocycles. The van der Waals surface area contributed by atoms with Gasteiger partial charge in [0.25, 0.3) is 5.91 Å². The van der Waals surface area contributed by atoms with Crippen LogP contribution in [0.25, 0.3) is 4.85 Å². The maximum absolute atomic E-state index is 12.0. The number of amides is 2. The molecule has 0 aromatic heterocycles. The predicted molar refractivity (Wildman–Crippen MR) is 156 cm³/mol. The lowest BCUT2D eigenvalue weighted by atomic mass is 9.95. The molecule has 4 N–H and O–H groups in total. The van der Waals surface area contributed by atoms with E-state index in [1.165, 1.54) is 38.5 Å². The van der Waals surface area contributed by atoms with E-state index in [4.69, 9.17) is 12.3 Å². The molecule has 0 bridgehead atoms. The fourth-order valence-electron chi connectivity index (χ4n) is 4.59. The van der Waals surface area contributed by atoms with E-state index < -0.39 is 0 Å². The molecule has 2 aromatic rings. The SMILES string of the molecule is NCc1cccc(C(=O)NC2CCCCC2)c1.S.S.[C-]#[N+]c1cccc(C(=O)NC2CCCCC2)c1. The molecule has 0 unspecified atom stereocenters. The molecule has 0 heterocycles. The zero-order valence-electron chi connectivity index (χ0n) is 20.9. The minimum atomic E-state index is -0.0533. The van der Waals surface area contributed by atoms with Crippen molar-refractivity contribution in [1.29, 1.82) is 0 Å². The molecule has 2 amide bonds. The van der Waals surface area contributed by atoms with Crippen molar-refractivity contribution in [3.8, 4) is 0 Å². The van der Waals surface area contributed by atoms with E-state index in [2.05, 4.69) is 15.5 Å². The first-order chi connectivity index (χ1) is 16.6. The van der Waals surface area contributed by atoms with Crippen LogP contribution in [0.5, 0.6) is 0 Å². The smallest absolute Gasteiger partial charge is 0.251 e. The maximum atomic E-state index is 12.0. The van der Waals surface area contributed by atoms with Gasteiger partial charge in [-0.3, -0.25) is 9.59 Å². The highest BCUT2D eigenvalue weighted by atomic mass is 32.1. The molecule has 0 spiro atoms. The molecule has 2 saturated carbocycles. The molecule has 196 valence electrons. The van der Waals surface area contributed by atoms with Crippen molar-refractivity contribution >= 4 is 44.5 Å². The first-order valence-electron chi connectivity index (χ1n) is 12.5. The van der Waals surface area contributed by atoms with Crippen molar-refractivity contribution in [3.05, 3.63) is 76.6 Å². The number of carbonyl (C=O) groups is 2. The third-order valence-corrected chi connectivity index (χ3v) is 6.54.